The van der Waals surface area contributed by atoms with Gasteiger partial charge in [0.25, 0.3) is 0 Å². The second-order valence-corrected chi connectivity index (χ2v) is 3.47. The molecule has 98 valence electrons. The van der Waals surface area contributed by atoms with E-state index < -0.39 is 5.69 Å². The molecule has 0 aliphatic carbocycles. The molecule has 3 aromatic rings. The Labute approximate surface area is 106 Å². The number of aromatic nitrogens is 8. The Balaban J connectivity index is 1.83. The van der Waals surface area contributed by atoms with E-state index in [0.29, 0.717) is 0 Å². The number of nitrogens with one attached hydrogen (secondary N) is 1. The minimum Gasteiger partial charge on any atom is -0.468 e. The molecular formula is C8H8N8O3. The van der Waals surface area contributed by atoms with Crippen LogP contribution in [-0.2, 0) is 13.7 Å². The predicted octanol–water partition coefficient (Wildman–Crippen LogP) is -1.35. The number of rotatable bonds is 4. The Morgan fingerprint density at radius 2 is 2.47 bits per heavy atom. The van der Waals surface area contributed by atoms with E-state index in [9.17, 15) is 4.79 Å². The van der Waals surface area contributed by atoms with Gasteiger partial charge >= 0.3 is 5.69 Å². The molecule has 0 bridgehead atoms. The monoisotopic (exact) mass is 266 g/mol. The molecule has 0 aliphatic heterocycles. The van der Waals surface area contributed by atoms with Crippen molar-refractivity contribution in [1.82, 2.24) is 40.4 Å². The van der Waals surface area contributed by atoms with Crippen molar-refractivity contribution < 1.29 is 10.7 Å². The van der Waals surface area contributed by atoms with E-state index >= 15 is 0 Å². The first kappa shape index (κ1) is 9.99. The highest BCUT2D eigenvalue weighted by atomic mass is 16.5. The molecule has 3 aromatic heterocycles. The number of H-pyrrole nitrogens is 1. The number of aromatic amines is 1. The fourth-order valence-electron chi connectivity index (χ4n) is 1.34. The lowest BCUT2D eigenvalue weighted by Crippen LogP contribution is -2.23. The molecule has 3 heterocycles. The molecule has 11 heteroatoms. The van der Waals surface area contributed by atoms with Crippen LogP contribution in [0.3, 0.4) is 0 Å². The van der Waals surface area contributed by atoms with Crippen LogP contribution in [0.15, 0.2) is 21.6 Å². The van der Waals surface area contributed by atoms with Gasteiger partial charge in [-0.15, -0.1) is 9.78 Å². The van der Waals surface area contributed by atoms with Gasteiger partial charge in [-0.3, -0.25) is 5.09 Å². The zero-order valence-electron chi connectivity index (χ0n) is 10.7. The van der Waals surface area contributed by atoms with Crippen LogP contribution in [-0.4, -0.2) is 40.4 Å². The highest BCUT2D eigenvalue weighted by Crippen LogP contribution is 2.11. The van der Waals surface area contributed by atoms with Gasteiger partial charge in [-0.1, -0.05) is 5.10 Å². The summed E-state index contributed by atoms with van der Waals surface area (Å²) >= 11 is 0. The summed E-state index contributed by atoms with van der Waals surface area (Å²) in [5.41, 5.74) is -0.489. The molecule has 0 fully saturated rings. The zero-order chi connectivity index (χ0) is 14.1. The Bertz CT molecular complexity index is 786. The topological polar surface area (TPSA) is 130 Å². The minimum atomic E-state index is -0.489. The third-order valence-corrected chi connectivity index (χ3v) is 2.25. The molecule has 0 spiro atoms. The van der Waals surface area contributed by atoms with Gasteiger partial charge in [-0.25, -0.2) is 4.79 Å². The molecule has 11 nitrogen and oxygen atoms in total. The first-order valence-corrected chi connectivity index (χ1v) is 5.13. The summed E-state index contributed by atoms with van der Waals surface area (Å²) in [5.74, 6) is 0.509. The lowest BCUT2D eigenvalue weighted by Gasteiger charge is -1.99. The van der Waals surface area contributed by atoms with Crippen molar-refractivity contribution in [3.63, 3.8) is 0 Å². The number of hydrogen-bond acceptors (Lipinski definition) is 8. The smallest absolute Gasteiger partial charge is 0.369 e. The van der Waals surface area contributed by atoms with Crippen molar-refractivity contribution in [3.05, 3.63) is 28.5 Å². The molecule has 0 amide bonds. The van der Waals surface area contributed by atoms with Crippen molar-refractivity contribution in [3.8, 4) is 11.7 Å². The van der Waals surface area contributed by atoms with E-state index in [1.807, 2.05) is 0 Å². The van der Waals surface area contributed by atoms with Crippen LogP contribution in [0.4, 0.5) is 0 Å². The van der Waals surface area contributed by atoms with E-state index in [-0.39, 0.29) is 24.1 Å². The number of nitrogens with zero attached hydrogens (tertiary/aromatic N) is 7. The van der Waals surface area contributed by atoms with Gasteiger partial charge in [0.2, 0.25) is 17.5 Å². The Morgan fingerprint density at radius 3 is 3.16 bits per heavy atom. The Morgan fingerprint density at radius 1 is 1.58 bits per heavy atom. The summed E-state index contributed by atoms with van der Waals surface area (Å²) < 4.78 is 19.4. The van der Waals surface area contributed by atoms with Gasteiger partial charge in [-0.2, -0.15) is 4.68 Å². The van der Waals surface area contributed by atoms with Crippen molar-refractivity contribution in [2.75, 3.05) is 0 Å². The molecule has 19 heavy (non-hydrogen) atoms. The molecule has 3 rings (SSSR count). The van der Waals surface area contributed by atoms with Gasteiger partial charge in [0.15, 0.2) is 8.02 Å². The quantitative estimate of drug-likeness (QED) is 0.613. The van der Waals surface area contributed by atoms with Crippen molar-refractivity contribution in [2.24, 2.45) is 7.05 Å². The maximum atomic E-state index is 11.7. The van der Waals surface area contributed by atoms with Gasteiger partial charge in [0.05, 0.1) is 0 Å². The first-order chi connectivity index (χ1) is 9.65. The molecule has 0 saturated heterocycles. The van der Waals surface area contributed by atoms with Gasteiger partial charge < -0.3 is 9.26 Å². The van der Waals surface area contributed by atoms with Crippen molar-refractivity contribution in [2.45, 2.75) is 6.61 Å². The standard InChI is InChI=1S/C8H8N8O3/c1-15-8(17)16(13-12-15)7-5(19-14-11-7)4-18-6-2-3-9-10-6/h2-3H,4H2,1H3,(H,9,10)/i/hT. The minimum absolute atomic E-state index is 0.0671. The van der Waals surface area contributed by atoms with Crippen LogP contribution < -0.4 is 10.4 Å². The highest BCUT2D eigenvalue weighted by molar-refractivity contribution is 5.21. The molecule has 0 aromatic carbocycles. The second kappa shape index (κ2) is 4.36. The molecule has 0 saturated carbocycles. The highest BCUT2D eigenvalue weighted by Gasteiger charge is 2.18. The summed E-state index contributed by atoms with van der Waals surface area (Å²) in [4.78, 5) is 11.7. The van der Waals surface area contributed by atoms with E-state index in [0.717, 1.165) is 14.5 Å². The average Bonchev–Trinajstić information content (AvgIpc) is 3.11. The molecule has 0 aliphatic rings. The van der Waals surface area contributed by atoms with Crippen LogP contribution in [0.2, 0.25) is 1.41 Å². The molecule has 1 N–H and O–H groups in total. The van der Waals surface area contributed by atoms with E-state index in [2.05, 4.69) is 25.9 Å². The third kappa shape index (κ3) is 1.96. The van der Waals surface area contributed by atoms with Crippen molar-refractivity contribution >= 4 is 0 Å². The lowest BCUT2D eigenvalue weighted by atomic mass is 10.5. The van der Waals surface area contributed by atoms with Gasteiger partial charge in [0, 0.05) is 24.6 Å². The maximum absolute atomic E-state index is 11.7. The fraction of sp³-hybridized carbons (Fsp3) is 0.250. The Hall–Kier alpha value is -2.98. The zero-order valence-corrected chi connectivity index (χ0v) is 9.66. The number of aryl methyl sites for hydroxylation is 1. The number of ether oxygens (including phenoxy) is 1. The molecule has 0 unspecified atom stereocenters. The molecule has 0 atom stereocenters. The number of hydrogen-bond donors (Lipinski definition) is 1. The van der Waals surface area contributed by atoms with E-state index in [1.54, 1.807) is 0 Å². The van der Waals surface area contributed by atoms with Crippen LogP contribution in [0.5, 0.6) is 5.88 Å². The van der Waals surface area contributed by atoms with Crippen molar-refractivity contribution in [1.29, 1.82) is 0 Å². The maximum Gasteiger partial charge on any atom is 0.369 e. The predicted molar refractivity (Wildman–Crippen MR) is 57.4 cm³/mol. The number of tetrazole rings is 1. The normalized spacial score (nSPS) is 11.5. The Kier molecular flexibility index (Phi) is 2.29. The lowest BCUT2D eigenvalue weighted by molar-refractivity contribution is 0.238. The molecular weight excluding hydrogens is 256 g/mol. The van der Waals surface area contributed by atoms with Crippen LogP contribution >= 0.6 is 0 Å². The first-order valence-electron chi connectivity index (χ1n) is 5.58. The van der Waals surface area contributed by atoms with Crippen LogP contribution in [0, 0.1) is 0 Å². The third-order valence-electron chi connectivity index (χ3n) is 2.25. The summed E-state index contributed by atoms with van der Waals surface area (Å²) in [6.45, 7) is -0.0671. The van der Waals surface area contributed by atoms with E-state index in [4.69, 9.17) is 10.7 Å². The SMILES string of the molecule is [3H]n1ccc(OCc2onnc2-n2nnn(C)c2=O)n1. The van der Waals surface area contributed by atoms with E-state index in [1.165, 1.54) is 19.3 Å². The summed E-state index contributed by atoms with van der Waals surface area (Å²) in [7, 11) is 1.45. The largest absolute Gasteiger partial charge is 0.468 e. The van der Waals surface area contributed by atoms with Crippen LogP contribution in [0.1, 0.15) is 5.76 Å². The summed E-state index contributed by atoms with van der Waals surface area (Å²) in [5, 5.41) is 18.8. The molecule has 0 radical (unpaired) electrons. The second-order valence-electron chi connectivity index (χ2n) is 3.47. The summed E-state index contributed by atoms with van der Waals surface area (Å²) in [6.07, 6.45) is 1.40. The van der Waals surface area contributed by atoms with Gasteiger partial charge in [-0.05, 0) is 10.4 Å². The summed E-state index contributed by atoms with van der Waals surface area (Å²) in [6, 6.07) is 1.50. The van der Waals surface area contributed by atoms with Crippen LogP contribution in [0.25, 0.3) is 5.82 Å². The van der Waals surface area contributed by atoms with Gasteiger partial charge in [0.1, 0.15) is 0 Å². The fourth-order valence-corrected chi connectivity index (χ4v) is 1.34. The average molecular weight is 266 g/mol.